The highest BCUT2D eigenvalue weighted by Crippen LogP contribution is 2.36. The highest BCUT2D eigenvalue weighted by Gasteiger charge is 2.21. The molecule has 0 atom stereocenters. The van der Waals surface area contributed by atoms with Crippen LogP contribution in [0.1, 0.15) is 24.5 Å². The standard InChI is InChI=1S/C13H14O3/c1-8-5-9-3-4-10(14)6-12(9)11(8)7-13(15)16-2/h3-4,6,14H,5,7H2,1-2H3. The summed E-state index contributed by atoms with van der Waals surface area (Å²) in [5.41, 5.74) is 4.29. The first-order valence-electron chi connectivity index (χ1n) is 5.19. The molecule has 84 valence electrons. The maximum Gasteiger partial charge on any atom is 0.309 e. The normalized spacial score (nSPS) is 13.9. The van der Waals surface area contributed by atoms with E-state index in [0.29, 0.717) is 0 Å². The Balaban J connectivity index is 2.36. The van der Waals surface area contributed by atoms with E-state index in [1.54, 1.807) is 12.1 Å². The fourth-order valence-corrected chi connectivity index (χ4v) is 2.08. The molecule has 0 amide bonds. The molecule has 0 unspecified atom stereocenters. The van der Waals surface area contributed by atoms with Crippen molar-refractivity contribution in [1.29, 1.82) is 0 Å². The van der Waals surface area contributed by atoms with Crippen molar-refractivity contribution in [1.82, 2.24) is 0 Å². The van der Waals surface area contributed by atoms with Crippen LogP contribution in [-0.4, -0.2) is 18.2 Å². The third-order valence-electron chi connectivity index (χ3n) is 2.94. The number of ether oxygens (including phenoxy) is 1. The van der Waals surface area contributed by atoms with E-state index >= 15 is 0 Å². The number of methoxy groups -OCH3 is 1. The quantitative estimate of drug-likeness (QED) is 0.775. The fraction of sp³-hybridized carbons (Fsp3) is 0.308. The monoisotopic (exact) mass is 218 g/mol. The number of phenols is 1. The molecule has 3 nitrogen and oxygen atoms in total. The summed E-state index contributed by atoms with van der Waals surface area (Å²) in [6.07, 6.45) is 1.13. The lowest BCUT2D eigenvalue weighted by molar-refractivity contribution is -0.139. The molecule has 0 aromatic heterocycles. The van der Waals surface area contributed by atoms with Gasteiger partial charge in [0.05, 0.1) is 13.5 Å². The van der Waals surface area contributed by atoms with E-state index in [-0.39, 0.29) is 18.1 Å². The third kappa shape index (κ3) is 1.81. The number of allylic oxidation sites excluding steroid dienone is 1. The lowest BCUT2D eigenvalue weighted by atomic mass is 10.0. The van der Waals surface area contributed by atoms with E-state index in [4.69, 9.17) is 0 Å². The van der Waals surface area contributed by atoms with Crippen LogP contribution in [0.2, 0.25) is 0 Å². The minimum absolute atomic E-state index is 0.232. The molecule has 0 heterocycles. The van der Waals surface area contributed by atoms with Gasteiger partial charge in [0.15, 0.2) is 0 Å². The molecule has 1 aliphatic carbocycles. The molecule has 0 saturated heterocycles. The van der Waals surface area contributed by atoms with E-state index in [9.17, 15) is 9.90 Å². The second-order valence-corrected chi connectivity index (χ2v) is 4.03. The molecule has 0 bridgehead atoms. The van der Waals surface area contributed by atoms with Gasteiger partial charge in [-0.15, -0.1) is 0 Å². The Hall–Kier alpha value is -1.77. The number of aromatic hydroxyl groups is 1. The zero-order chi connectivity index (χ0) is 11.7. The second kappa shape index (κ2) is 4.00. The van der Waals surface area contributed by atoms with E-state index < -0.39 is 0 Å². The fourth-order valence-electron chi connectivity index (χ4n) is 2.08. The number of benzene rings is 1. The average Bonchev–Trinajstić information content (AvgIpc) is 2.55. The summed E-state index contributed by atoms with van der Waals surface area (Å²) in [6.45, 7) is 2.01. The SMILES string of the molecule is COC(=O)CC1=C(C)Cc2ccc(O)cc21. The summed E-state index contributed by atoms with van der Waals surface area (Å²) in [6, 6.07) is 5.29. The second-order valence-electron chi connectivity index (χ2n) is 4.03. The average molecular weight is 218 g/mol. The van der Waals surface area contributed by atoms with Crippen molar-refractivity contribution in [3.63, 3.8) is 0 Å². The van der Waals surface area contributed by atoms with Crippen LogP contribution >= 0.6 is 0 Å². The number of hydrogen-bond acceptors (Lipinski definition) is 3. The van der Waals surface area contributed by atoms with Crippen LogP contribution in [0.3, 0.4) is 0 Å². The predicted molar refractivity (Wildman–Crippen MR) is 61.0 cm³/mol. The van der Waals surface area contributed by atoms with Crippen LogP contribution in [0.25, 0.3) is 5.57 Å². The zero-order valence-corrected chi connectivity index (χ0v) is 9.41. The molecule has 0 aliphatic heterocycles. The van der Waals surface area contributed by atoms with Gasteiger partial charge in [-0.05, 0) is 42.2 Å². The molecular weight excluding hydrogens is 204 g/mol. The summed E-state index contributed by atoms with van der Waals surface area (Å²) in [7, 11) is 1.39. The molecule has 16 heavy (non-hydrogen) atoms. The third-order valence-corrected chi connectivity index (χ3v) is 2.94. The van der Waals surface area contributed by atoms with Gasteiger partial charge in [-0.25, -0.2) is 0 Å². The van der Waals surface area contributed by atoms with Gasteiger partial charge >= 0.3 is 5.97 Å². The molecule has 3 heteroatoms. The molecule has 0 spiro atoms. The van der Waals surface area contributed by atoms with Crippen molar-refractivity contribution >= 4 is 11.5 Å². The first kappa shape index (κ1) is 10.7. The van der Waals surface area contributed by atoms with E-state index in [0.717, 1.165) is 23.1 Å². The summed E-state index contributed by atoms with van der Waals surface area (Å²) in [5.74, 6) is -0.0126. The molecule has 2 rings (SSSR count). The Labute approximate surface area is 94.4 Å². The van der Waals surface area contributed by atoms with Crippen molar-refractivity contribution in [2.24, 2.45) is 0 Å². The number of rotatable bonds is 2. The lowest BCUT2D eigenvalue weighted by Crippen LogP contribution is -2.01. The number of carbonyl (C=O) groups is 1. The van der Waals surface area contributed by atoms with Crippen LogP contribution in [0.5, 0.6) is 5.75 Å². The number of phenolic OH excluding ortho intramolecular Hbond substituents is 1. The first-order chi connectivity index (χ1) is 7.61. The van der Waals surface area contributed by atoms with Gasteiger partial charge in [-0.2, -0.15) is 0 Å². The maximum atomic E-state index is 11.3. The first-order valence-corrected chi connectivity index (χ1v) is 5.19. The topological polar surface area (TPSA) is 46.5 Å². The number of carbonyl (C=O) groups excluding carboxylic acids is 1. The van der Waals surface area contributed by atoms with Gasteiger partial charge in [0.1, 0.15) is 5.75 Å². The largest absolute Gasteiger partial charge is 0.508 e. The highest BCUT2D eigenvalue weighted by molar-refractivity contribution is 5.89. The van der Waals surface area contributed by atoms with Crippen molar-refractivity contribution in [2.45, 2.75) is 19.8 Å². The number of esters is 1. The van der Waals surface area contributed by atoms with Crippen molar-refractivity contribution in [3.05, 3.63) is 34.9 Å². The Kier molecular flexibility index (Phi) is 2.69. The number of fused-ring (bicyclic) bond motifs is 1. The summed E-state index contributed by atoms with van der Waals surface area (Å²) in [4.78, 5) is 11.3. The van der Waals surface area contributed by atoms with Gasteiger partial charge in [0, 0.05) is 0 Å². The Bertz CT molecular complexity index is 472. The van der Waals surface area contributed by atoms with Gasteiger partial charge in [-0.3, -0.25) is 4.79 Å². The molecule has 1 aromatic carbocycles. The highest BCUT2D eigenvalue weighted by atomic mass is 16.5. The number of hydrogen-bond donors (Lipinski definition) is 1. The van der Waals surface area contributed by atoms with Gasteiger partial charge < -0.3 is 9.84 Å². The van der Waals surface area contributed by atoms with Crippen molar-refractivity contribution in [2.75, 3.05) is 7.11 Å². The molecule has 0 fully saturated rings. The Morgan fingerprint density at radius 3 is 2.94 bits per heavy atom. The lowest BCUT2D eigenvalue weighted by Gasteiger charge is -2.05. The molecular formula is C13H14O3. The molecule has 1 N–H and O–H groups in total. The van der Waals surface area contributed by atoms with Crippen molar-refractivity contribution in [3.8, 4) is 5.75 Å². The van der Waals surface area contributed by atoms with Gasteiger partial charge in [0.2, 0.25) is 0 Å². The Morgan fingerprint density at radius 2 is 2.25 bits per heavy atom. The van der Waals surface area contributed by atoms with Gasteiger partial charge in [-0.1, -0.05) is 11.6 Å². The summed E-state index contributed by atoms with van der Waals surface area (Å²) >= 11 is 0. The van der Waals surface area contributed by atoms with E-state index in [2.05, 4.69) is 4.74 Å². The minimum Gasteiger partial charge on any atom is -0.508 e. The van der Waals surface area contributed by atoms with E-state index in [1.807, 2.05) is 13.0 Å². The maximum absolute atomic E-state index is 11.3. The predicted octanol–water partition coefficient (Wildman–Crippen LogP) is 2.28. The molecule has 0 saturated carbocycles. The molecule has 1 aliphatic rings. The van der Waals surface area contributed by atoms with Crippen LogP contribution < -0.4 is 0 Å². The Morgan fingerprint density at radius 1 is 1.50 bits per heavy atom. The smallest absolute Gasteiger partial charge is 0.309 e. The van der Waals surface area contributed by atoms with Crippen molar-refractivity contribution < 1.29 is 14.6 Å². The molecule has 1 aromatic rings. The summed E-state index contributed by atoms with van der Waals surface area (Å²) in [5, 5.41) is 9.45. The minimum atomic E-state index is -0.245. The zero-order valence-electron chi connectivity index (χ0n) is 9.41. The molecule has 0 radical (unpaired) electrons. The van der Waals surface area contributed by atoms with Crippen LogP contribution in [0.15, 0.2) is 23.8 Å². The summed E-state index contributed by atoms with van der Waals surface area (Å²) < 4.78 is 4.67. The van der Waals surface area contributed by atoms with Crippen LogP contribution in [0.4, 0.5) is 0 Å². The van der Waals surface area contributed by atoms with Crippen LogP contribution in [-0.2, 0) is 16.0 Å². The van der Waals surface area contributed by atoms with Gasteiger partial charge in [0.25, 0.3) is 0 Å². The van der Waals surface area contributed by atoms with Crippen LogP contribution in [0, 0.1) is 0 Å². The van der Waals surface area contributed by atoms with E-state index in [1.165, 1.54) is 12.7 Å².